The van der Waals surface area contributed by atoms with Crippen LogP contribution in [0.15, 0.2) is 18.3 Å². The molecule has 0 aliphatic heterocycles. The van der Waals surface area contributed by atoms with E-state index in [1.54, 1.807) is 6.20 Å². The Labute approximate surface area is 102 Å². The van der Waals surface area contributed by atoms with Crippen LogP contribution in [0.4, 0.5) is 0 Å². The summed E-state index contributed by atoms with van der Waals surface area (Å²) in [5.74, 6) is 0.872. The average molecular weight is 240 g/mol. The maximum Gasteiger partial charge on any atom is 0.129 e. The Morgan fingerprint density at radius 3 is 2.69 bits per heavy atom. The van der Waals surface area contributed by atoms with Gasteiger partial charge in [0.25, 0.3) is 0 Å². The van der Waals surface area contributed by atoms with Crippen LogP contribution in [-0.4, -0.2) is 11.1 Å². The van der Waals surface area contributed by atoms with Gasteiger partial charge in [-0.15, -0.1) is 0 Å². The molecule has 1 aliphatic rings. The Hall–Kier alpha value is -0.600. The van der Waals surface area contributed by atoms with E-state index in [1.807, 2.05) is 12.1 Å². The fourth-order valence-corrected chi connectivity index (χ4v) is 2.21. The summed E-state index contributed by atoms with van der Waals surface area (Å²) in [5.41, 5.74) is 1.10. The van der Waals surface area contributed by atoms with Gasteiger partial charge in [0, 0.05) is 6.20 Å². The number of hydrogen-bond donors (Lipinski definition) is 0. The molecule has 0 bridgehead atoms. The number of ether oxygens (including phenoxy) is 1. The topological polar surface area (TPSA) is 22.1 Å². The minimum absolute atomic E-state index is 0.437. The summed E-state index contributed by atoms with van der Waals surface area (Å²) in [6, 6.07) is 3.78. The van der Waals surface area contributed by atoms with Crippen molar-refractivity contribution in [3.63, 3.8) is 0 Å². The van der Waals surface area contributed by atoms with E-state index in [2.05, 4.69) is 11.9 Å². The highest BCUT2D eigenvalue weighted by Gasteiger charge is 2.18. The molecule has 0 atom stereocenters. The Morgan fingerprint density at radius 2 is 2.06 bits per heavy atom. The van der Waals surface area contributed by atoms with Crippen molar-refractivity contribution in [2.75, 3.05) is 0 Å². The van der Waals surface area contributed by atoms with Gasteiger partial charge in [0.2, 0.25) is 0 Å². The van der Waals surface area contributed by atoms with Crippen LogP contribution < -0.4 is 0 Å². The zero-order chi connectivity index (χ0) is 11.4. The lowest BCUT2D eigenvalue weighted by atomic mass is 9.89. The second-order valence-electron chi connectivity index (χ2n) is 4.68. The first-order valence-corrected chi connectivity index (χ1v) is 6.34. The largest absolute Gasteiger partial charge is 0.373 e. The van der Waals surface area contributed by atoms with E-state index in [9.17, 15) is 0 Å². The standard InChI is InChI=1S/C13H18ClNO/c1-10-2-5-12(6-3-10)16-9-11-4-7-13(14)15-8-11/h4,7-8,10,12H,2-3,5-6,9H2,1H3. The number of aromatic nitrogens is 1. The predicted octanol–water partition coefficient (Wildman–Crippen LogP) is 3.83. The molecule has 88 valence electrons. The molecule has 0 radical (unpaired) electrons. The van der Waals surface area contributed by atoms with Crippen LogP contribution in [0, 0.1) is 5.92 Å². The van der Waals surface area contributed by atoms with Gasteiger partial charge >= 0.3 is 0 Å². The summed E-state index contributed by atoms with van der Waals surface area (Å²) in [5, 5.41) is 0.537. The van der Waals surface area contributed by atoms with Crippen molar-refractivity contribution in [3.8, 4) is 0 Å². The third-order valence-electron chi connectivity index (χ3n) is 3.24. The molecule has 1 aliphatic carbocycles. The van der Waals surface area contributed by atoms with Crippen LogP contribution in [0.5, 0.6) is 0 Å². The Kier molecular flexibility index (Phi) is 4.19. The summed E-state index contributed by atoms with van der Waals surface area (Å²) in [7, 11) is 0. The molecule has 16 heavy (non-hydrogen) atoms. The highest BCUT2D eigenvalue weighted by Crippen LogP contribution is 2.26. The second kappa shape index (κ2) is 5.65. The molecule has 1 aromatic heterocycles. The van der Waals surface area contributed by atoms with Crippen molar-refractivity contribution in [2.45, 2.75) is 45.3 Å². The van der Waals surface area contributed by atoms with Gasteiger partial charge in [0.05, 0.1) is 12.7 Å². The first kappa shape index (κ1) is 11.9. The molecule has 0 unspecified atom stereocenters. The van der Waals surface area contributed by atoms with E-state index >= 15 is 0 Å². The lowest BCUT2D eigenvalue weighted by Gasteiger charge is -2.26. The Balaban J connectivity index is 1.77. The molecular weight excluding hydrogens is 222 g/mol. The van der Waals surface area contributed by atoms with Crippen molar-refractivity contribution in [1.82, 2.24) is 4.98 Å². The quantitative estimate of drug-likeness (QED) is 0.748. The molecule has 1 heterocycles. The maximum absolute atomic E-state index is 5.87. The van der Waals surface area contributed by atoms with Crippen LogP contribution in [-0.2, 0) is 11.3 Å². The molecule has 2 nitrogen and oxygen atoms in total. The van der Waals surface area contributed by atoms with Crippen LogP contribution >= 0.6 is 11.6 Å². The average Bonchev–Trinajstić information content (AvgIpc) is 2.30. The van der Waals surface area contributed by atoms with Crippen LogP contribution in [0.2, 0.25) is 5.15 Å². The van der Waals surface area contributed by atoms with Gasteiger partial charge in [-0.1, -0.05) is 24.6 Å². The van der Waals surface area contributed by atoms with E-state index < -0.39 is 0 Å². The van der Waals surface area contributed by atoms with Crippen LogP contribution in [0.3, 0.4) is 0 Å². The van der Waals surface area contributed by atoms with E-state index in [1.165, 1.54) is 25.7 Å². The van der Waals surface area contributed by atoms with Gasteiger partial charge in [-0.05, 0) is 43.2 Å². The maximum atomic E-state index is 5.87. The van der Waals surface area contributed by atoms with Crippen molar-refractivity contribution in [2.24, 2.45) is 5.92 Å². The molecule has 0 amide bonds. The molecule has 3 heteroatoms. The molecule has 0 aromatic carbocycles. The van der Waals surface area contributed by atoms with Crippen molar-refractivity contribution in [1.29, 1.82) is 0 Å². The molecule has 1 saturated carbocycles. The molecule has 2 rings (SSSR count). The normalized spacial score (nSPS) is 25.6. The monoisotopic (exact) mass is 239 g/mol. The van der Waals surface area contributed by atoms with Gasteiger partial charge in [-0.25, -0.2) is 4.98 Å². The number of hydrogen-bond acceptors (Lipinski definition) is 2. The Morgan fingerprint density at radius 1 is 1.31 bits per heavy atom. The summed E-state index contributed by atoms with van der Waals surface area (Å²) in [4.78, 5) is 4.04. The predicted molar refractivity (Wildman–Crippen MR) is 65.5 cm³/mol. The summed E-state index contributed by atoms with van der Waals surface area (Å²) < 4.78 is 5.87. The fraction of sp³-hybridized carbons (Fsp3) is 0.615. The second-order valence-corrected chi connectivity index (χ2v) is 5.07. The minimum Gasteiger partial charge on any atom is -0.373 e. The Bertz CT molecular complexity index is 317. The van der Waals surface area contributed by atoms with E-state index in [4.69, 9.17) is 16.3 Å². The van der Waals surface area contributed by atoms with Gasteiger partial charge in [0.15, 0.2) is 0 Å². The number of pyridine rings is 1. The van der Waals surface area contributed by atoms with Crippen LogP contribution in [0.1, 0.15) is 38.2 Å². The number of nitrogens with zero attached hydrogens (tertiary/aromatic N) is 1. The van der Waals surface area contributed by atoms with Crippen LogP contribution in [0.25, 0.3) is 0 Å². The van der Waals surface area contributed by atoms with E-state index in [-0.39, 0.29) is 0 Å². The zero-order valence-corrected chi connectivity index (χ0v) is 10.4. The van der Waals surface area contributed by atoms with Gasteiger partial charge in [0.1, 0.15) is 5.15 Å². The SMILES string of the molecule is CC1CCC(OCc2ccc(Cl)nc2)CC1. The highest BCUT2D eigenvalue weighted by atomic mass is 35.5. The van der Waals surface area contributed by atoms with Crippen molar-refractivity contribution >= 4 is 11.6 Å². The molecule has 0 saturated heterocycles. The van der Waals surface area contributed by atoms with Gasteiger partial charge in [-0.3, -0.25) is 0 Å². The van der Waals surface area contributed by atoms with Crippen molar-refractivity contribution < 1.29 is 4.74 Å². The van der Waals surface area contributed by atoms with Gasteiger partial charge in [-0.2, -0.15) is 0 Å². The highest BCUT2D eigenvalue weighted by molar-refractivity contribution is 6.29. The van der Waals surface area contributed by atoms with E-state index in [0.29, 0.717) is 17.9 Å². The summed E-state index contributed by atoms with van der Waals surface area (Å²) in [6.07, 6.45) is 7.21. The lowest BCUT2D eigenvalue weighted by Crippen LogP contribution is -2.20. The zero-order valence-electron chi connectivity index (χ0n) is 9.66. The lowest BCUT2D eigenvalue weighted by molar-refractivity contribution is 0.00866. The third kappa shape index (κ3) is 3.46. The molecule has 0 spiro atoms. The molecule has 1 fully saturated rings. The fourth-order valence-electron chi connectivity index (χ4n) is 2.10. The third-order valence-corrected chi connectivity index (χ3v) is 3.46. The smallest absolute Gasteiger partial charge is 0.129 e. The van der Waals surface area contributed by atoms with Crippen molar-refractivity contribution in [3.05, 3.63) is 29.0 Å². The number of halogens is 1. The molecular formula is C13H18ClNO. The molecule has 0 N–H and O–H groups in total. The summed E-state index contributed by atoms with van der Waals surface area (Å²) in [6.45, 7) is 2.97. The van der Waals surface area contributed by atoms with E-state index in [0.717, 1.165) is 11.5 Å². The first-order chi connectivity index (χ1) is 7.74. The first-order valence-electron chi connectivity index (χ1n) is 5.96. The van der Waals surface area contributed by atoms with Gasteiger partial charge < -0.3 is 4.74 Å². The number of rotatable bonds is 3. The summed E-state index contributed by atoms with van der Waals surface area (Å²) >= 11 is 5.72. The minimum atomic E-state index is 0.437. The molecule has 1 aromatic rings.